The molecule has 4 rings (SSSR count). The van der Waals surface area contributed by atoms with Crippen LogP contribution in [0.3, 0.4) is 0 Å². The number of likely N-dealkylation sites (N-methyl/N-ethyl adjacent to an activating group) is 1. The van der Waals surface area contributed by atoms with E-state index in [0.29, 0.717) is 17.2 Å². The third-order valence-corrected chi connectivity index (χ3v) is 5.17. The van der Waals surface area contributed by atoms with Crippen LogP contribution in [0.5, 0.6) is 0 Å². The smallest absolute Gasteiger partial charge is 0.259 e. The summed E-state index contributed by atoms with van der Waals surface area (Å²) in [6, 6.07) is 2.22. The minimum atomic E-state index is 0.0445. The standard InChI is InChI=1S/C18H24N4O2/c1-10(2)16-15-13(18(23)22(3)12-6-7-19-9-12)8-14(11-4-5-11)20-17(15)24-21-16/h8,10-12,19H,4-7,9H2,1-3H3. The van der Waals surface area contributed by atoms with Crippen LogP contribution in [0, 0.1) is 0 Å². The Bertz CT molecular complexity index is 773. The molecule has 0 radical (unpaired) electrons. The molecular weight excluding hydrogens is 304 g/mol. The fraction of sp³-hybridized carbons (Fsp3) is 0.611. The van der Waals surface area contributed by atoms with Gasteiger partial charge in [0.1, 0.15) is 0 Å². The van der Waals surface area contributed by atoms with Crippen molar-refractivity contribution in [1.29, 1.82) is 0 Å². The van der Waals surface area contributed by atoms with Gasteiger partial charge < -0.3 is 14.7 Å². The molecule has 1 aliphatic heterocycles. The van der Waals surface area contributed by atoms with Crippen molar-refractivity contribution < 1.29 is 9.32 Å². The Morgan fingerprint density at radius 2 is 2.17 bits per heavy atom. The Hall–Kier alpha value is -1.95. The predicted octanol–water partition coefficient (Wildman–Crippen LogP) is 2.66. The molecule has 0 bridgehead atoms. The summed E-state index contributed by atoms with van der Waals surface area (Å²) in [6.45, 7) is 5.94. The lowest BCUT2D eigenvalue weighted by Crippen LogP contribution is -2.38. The number of carbonyl (C=O) groups is 1. The normalized spacial score (nSPS) is 20.9. The van der Waals surface area contributed by atoms with Crippen LogP contribution in [0.25, 0.3) is 11.1 Å². The molecule has 6 nitrogen and oxygen atoms in total. The van der Waals surface area contributed by atoms with Gasteiger partial charge in [-0.3, -0.25) is 4.79 Å². The van der Waals surface area contributed by atoms with Crippen LogP contribution < -0.4 is 5.32 Å². The van der Waals surface area contributed by atoms with Gasteiger partial charge in [0.15, 0.2) is 0 Å². The molecule has 6 heteroatoms. The Balaban J connectivity index is 1.81. The second kappa shape index (κ2) is 5.84. The molecule has 2 aliphatic rings. The van der Waals surface area contributed by atoms with E-state index in [-0.39, 0.29) is 17.9 Å². The SMILES string of the molecule is CC(C)c1noc2nc(C3CC3)cc(C(=O)N(C)C3CCNC3)c12. The molecule has 1 N–H and O–H groups in total. The summed E-state index contributed by atoms with van der Waals surface area (Å²) in [5.41, 5.74) is 2.99. The van der Waals surface area contributed by atoms with Crippen molar-refractivity contribution in [3.63, 3.8) is 0 Å². The topological polar surface area (TPSA) is 71.3 Å². The molecule has 2 aromatic rings. The Morgan fingerprint density at radius 3 is 2.79 bits per heavy atom. The second-order valence-electron chi connectivity index (χ2n) is 7.33. The summed E-state index contributed by atoms with van der Waals surface area (Å²) in [5.74, 6) is 0.694. The van der Waals surface area contributed by atoms with Gasteiger partial charge in [-0.1, -0.05) is 19.0 Å². The van der Waals surface area contributed by atoms with Crippen molar-refractivity contribution in [1.82, 2.24) is 20.4 Å². The van der Waals surface area contributed by atoms with Crippen molar-refractivity contribution in [3.05, 3.63) is 23.0 Å². The molecule has 1 unspecified atom stereocenters. The molecule has 1 aliphatic carbocycles. The van der Waals surface area contributed by atoms with Crippen LogP contribution in [0.2, 0.25) is 0 Å². The minimum Gasteiger partial charge on any atom is -0.337 e. The third kappa shape index (κ3) is 2.59. The number of fused-ring (bicyclic) bond motifs is 1. The first-order valence-corrected chi connectivity index (χ1v) is 8.84. The Kier molecular flexibility index (Phi) is 3.79. The summed E-state index contributed by atoms with van der Waals surface area (Å²) in [4.78, 5) is 19.7. The van der Waals surface area contributed by atoms with E-state index in [9.17, 15) is 4.79 Å². The number of aromatic nitrogens is 2. The molecule has 128 valence electrons. The summed E-state index contributed by atoms with van der Waals surface area (Å²) < 4.78 is 5.48. The number of nitrogens with zero attached hydrogens (tertiary/aromatic N) is 3. The fourth-order valence-electron chi connectivity index (χ4n) is 3.47. The lowest BCUT2D eigenvalue weighted by atomic mass is 10.0. The van der Waals surface area contributed by atoms with Gasteiger partial charge in [0.05, 0.1) is 16.6 Å². The van der Waals surface area contributed by atoms with E-state index >= 15 is 0 Å². The molecule has 1 amide bonds. The quantitative estimate of drug-likeness (QED) is 0.934. The Morgan fingerprint density at radius 1 is 1.38 bits per heavy atom. The summed E-state index contributed by atoms with van der Waals surface area (Å²) in [7, 11) is 1.89. The zero-order valence-electron chi connectivity index (χ0n) is 14.5. The highest BCUT2D eigenvalue weighted by Gasteiger charge is 2.32. The first kappa shape index (κ1) is 15.6. The molecule has 0 aromatic carbocycles. The highest BCUT2D eigenvalue weighted by molar-refractivity contribution is 6.06. The molecular formula is C18H24N4O2. The lowest BCUT2D eigenvalue weighted by molar-refractivity contribution is 0.0745. The first-order chi connectivity index (χ1) is 11.6. The number of hydrogen-bond acceptors (Lipinski definition) is 5. The van der Waals surface area contributed by atoms with E-state index in [1.54, 1.807) is 0 Å². The van der Waals surface area contributed by atoms with E-state index in [1.807, 2.05) is 18.0 Å². The monoisotopic (exact) mass is 328 g/mol. The van der Waals surface area contributed by atoms with E-state index in [1.165, 1.54) is 0 Å². The highest BCUT2D eigenvalue weighted by atomic mass is 16.5. The van der Waals surface area contributed by atoms with Crippen LogP contribution in [0.1, 0.15) is 66.7 Å². The van der Waals surface area contributed by atoms with Gasteiger partial charge in [0.25, 0.3) is 11.6 Å². The molecule has 3 heterocycles. The van der Waals surface area contributed by atoms with Gasteiger partial charge in [0, 0.05) is 31.2 Å². The van der Waals surface area contributed by atoms with Crippen molar-refractivity contribution in [2.24, 2.45) is 0 Å². The van der Waals surface area contributed by atoms with E-state index in [0.717, 1.165) is 49.1 Å². The van der Waals surface area contributed by atoms with Gasteiger partial charge in [-0.05, 0) is 37.8 Å². The van der Waals surface area contributed by atoms with Crippen molar-refractivity contribution >= 4 is 17.0 Å². The van der Waals surface area contributed by atoms with Crippen LogP contribution in [0.4, 0.5) is 0 Å². The lowest BCUT2D eigenvalue weighted by Gasteiger charge is -2.24. The van der Waals surface area contributed by atoms with Gasteiger partial charge in [-0.15, -0.1) is 0 Å². The van der Waals surface area contributed by atoms with Crippen molar-refractivity contribution in [3.8, 4) is 0 Å². The maximum Gasteiger partial charge on any atom is 0.259 e. The number of carbonyl (C=O) groups excluding carboxylic acids is 1. The predicted molar refractivity (Wildman–Crippen MR) is 91.2 cm³/mol. The van der Waals surface area contributed by atoms with Gasteiger partial charge in [0.2, 0.25) is 0 Å². The first-order valence-electron chi connectivity index (χ1n) is 8.84. The van der Waals surface area contributed by atoms with Crippen molar-refractivity contribution in [2.45, 2.75) is 51.0 Å². The molecule has 2 aromatic heterocycles. The van der Waals surface area contributed by atoms with Crippen LogP contribution in [-0.4, -0.2) is 47.1 Å². The summed E-state index contributed by atoms with van der Waals surface area (Å²) in [6.07, 6.45) is 3.27. The molecule has 0 spiro atoms. The third-order valence-electron chi connectivity index (χ3n) is 5.17. The van der Waals surface area contributed by atoms with Crippen molar-refractivity contribution in [2.75, 3.05) is 20.1 Å². The fourth-order valence-corrected chi connectivity index (χ4v) is 3.47. The van der Waals surface area contributed by atoms with Gasteiger partial charge in [-0.2, -0.15) is 0 Å². The zero-order valence-corrected chi connectivity index (χ0v) is 14.5. The average Bonchev–Trinajstić information content (AvgIpc) is 3.11. The van der Waals surface area contributed by atoms with Crippen LogP contribution in [-0.2, 0) is 0 Å². The maximum atomic E-state index is 13.2. The van der Waals surface area contributed by atoms with E-state index < -0.39 is 0 Å². The molecule has 1 atom stereocenters. The van der Waals surface area contributed by atoms with Crippen LogP contribution in [0.15, 0.2) is 10.6 Å². The average molecular weight is 328 g/mol. The molecule has 1 saturated heterocycles. The molecule has 24 heavy (non-hydrogen) atoms. The van der Waals surface area contributed by atoms with Gasteiger partial charge in [-0.25, -0.2) is 4.98 Å². The van der Waals surface area contributed by atoms with Crippen LogP contribution >= 0.6 is 0 Å². The van der Waals surface area contributed by atoms with E-state index in [2.05, 4.69) is 29.3 Å². The number of nitrogens with one attached hydrogen (secondary N) is 1. The zero-order chi connectivity index (χ0) is 16.8. The number of rotatable bonds is 4. The number of amides is 1. The van der Waals surface area contributed by atoms with E-state index in [4.69, 9.17) is 4.52 Å². The summed E-state index contributed by atoms with van der Waals surface area (Å²) in [5, 5.41) is 8.31. The number of hydrogen-bond donors (Lipinski definition) is 1. The van der Waals surface area contributed by atoms with Gasteiger partial charge >= 0.3 is 0 Å². The summed E-state index contributed by atoms with van der Waals surface area (Å²) >= 11 is 0. The number of pyridine rings is 1. The largest absolute Gasteiger partial charge is 0.337 e. The molecule has 2 fully saturated rings. The minimum absolute atomic E-state index is 0.0445. The maximum absolute atomic E-state index is 13.2. The second-order valence-corrected chi connectivity index (χ2v) is 7.33. The molecule has 1 saturated carbocycles. The highest BCUT2D eigenvalue weighted by Crippen LogP contribution is 2.41. The Labute approximate surface area is 141 Å².